The van der Waals surface area contributed by atoms with Gasteiger partial charge in [-0.1, -0.05) is 45.0 Å². The molecule has 4 aromatic rings. The van der Waals surface area contributed by atoms with Crippen molar-refractivity contribution < 1.29 is 23.5 Å². The minimum absolute atomic E-state index is 0. The Morgan fingerprint density at radius 3 is 2.23 bits per heavy atom. The molecule has 4 rings (SSSR count). The fourth-order valence-corrected chi connectivity index (χ4v) is 6.02. The van der Waals surface area contributed by atoms with Crippen LogP contribution in [0.3, 0.4) is 0 Å². The molecule has 0 saturated heterocycles. The van der Waals surface area contributed by atoms with E-state index < -0.39 is 29.7 Å². The SMILES string of the molecule is CCCN(CCC)C(=O)c1cc(C(=O)N[C@@H](Cc2cc(F)cc(F)c2)[C@H](O)CNCc2cccc(CC)c2)cc(-c2nccs2)c1.Cl. The predicted molar refractivity (Wildman–Crippen MR) is 186 cm³/mol. The molecular formula is C36H43ClF2N4O3S. The number of carbonyl (C=O) groups excluding carboxylic acids is 2. The first-order valence-electron chi connectivity index (χ1n) is 15.8. The van der Waals surface area contributed by atoms with Gasteiger partial charge in [-0.05, 0) is 72.7 Å². The minimum Gasteiger partial charge on any atom is -0.390 e. The number of aromatic nitrogens is 1. The topological polar surface area (TPSA) is 94.6 Å². The van der Waals surface area contributed by atoms with Gasteiger partial charge < -0.3 is 20.6 Å². The van der Waals surface area contributed by atoms with Crippen LogP contribution in [0.5, 0.6) is 0 Å². The lowest BCUT2D eigenvalue weighted by Crippen LogP contribution is -2.48. The fraction of sp³-hybridized carbons (Fsp3) is 0.361. The highest BCUT2D eigenvalue weighted by Crippen LogP contribution is 2.26. The second kappa shape index (κ2) is 18.6. The third-order valence-corrected chi connectivity index (χ3v) is 8.46. The second-order valence-corrected chi connectivity index (χ2v) is 12.3. The molecular weight excluding hydrogens is 642 g/mol. The van der Waals surface area contributed by atoms with Gasteiger partial charge in [-0.3, -0.25) is 9.59 Å². The molecule has 252 valence electrons. The maximum atomic E-state index is 14.1. The van der Waals surface area contributed by atoms with E-state index in [2.05, 4.69) is 34.7 Å². The van der Waals surface area contributed by atoms with E-state index in [1.54, 1.807) is 29.3 Å². The molecule has 0 aliphatic heterocycles. The van der Waals surface area contributed by atoms with Crippen LogP contribution < -0.4 is 10.6 Å². The number of benzene rings is 3. The quantitative estimate of drug-likeness (QED) is 0.120. The van der Waals surface area contributed by atoms with Crippen LogP contribution in [-0.2, 0) is 19.4 Å². The summed E-state index contributed by atoms with van der Waals surface area (Å²) in [5.41, 5.74) is 3.74. The van der Waals surface area contributed by atoms with Gasteiger partial charge >= 0.3 is 0 Å². The summed E-state index contributed by atoms with van der Waals surface area (Å²) >= 11 is 1.39. The number of halogens is 3. The second-order valence-electron chi connectivity index (χ2n) is 11.4. The Balaban J connectivity index is 0.00000600. The number of nitrogens with one attached hydrogen (secondary N) is 2. The fourth-order valence-electron chi connectivity index (χ4n) is 5.39. The molecule has 1 heterocycles. The van der Waals surface area contributed by atoms with Gasteiger partial charge in [0.05, 0.1) is 12.1 Å². The van der Waals surface area contributed by atoms with Gasteiger partial charge in [-0.15, -0.1) is 23.7 Å². The summed E-state index contributed by atoms with van der Waals surface area (Å²) in [6, 6.07) is 15.3. The van der Waals surface area contributed by atoms with Gasteiger partial charge in [-0.2, -0.15) is 0 Å². The summed E-state index contributed by atoms with van der Waals surface area (Å²) in [5, 5.41) is 19.9. The Labute approximate surface area is 285 Å². The van der Waals surface area contributed by atoms with Crippen molar-refractivity contribution >= 4 is 35.6 Å². The number of carbonyl (C=O) groups is 2. The number of aliphatic hydroxyl groups is 1. The number of amides is 2. The number of aryl methyl sites for hydroxylation is 1. The Morgan fingerprint density at radius 1 is 0.915 bits per heavy atom. The lowest BCUT2D eigenvalue weighted by atomic mass is 9.99. The van der Waals surface area contributed by atoms with Crippen molar-refractivity contribution in [2.75, 3.05) is 19.6 Å². The van der Waals surface area contributed by atoms with Crippen LogP contribution in [-0.4, -0.2) is 58.6 Å². The molecule has 7 nitrogen and oxygen atoms in total. The monoisotopic (exact) mass is 684 g/mol. The molecule has 2 amide bonds. The van der Waals surface area contributed by atoms with Crippen LogP contribution in [0.15, 0.2) is 72.2 Å². The largest absolute Gasteiger partial charge is 0.390 e. The molecule has 0 spiro atoms. The van der Waals surface area contributed by atoms with E-state index in [9.17, 15) is 23.5 Å². The van der Waals surface area contributed by atoms with Gasteiger partial charge in [0.15, 0.2) is 0 Å². The summed E-state index contributed by atoms with van der Waals surface area (Å²) in [5.74, 6) is -2.20. The maximum Gasteiger partial charge on any atom is 0.253 e. The molecule has 0 bridgehead atoms. The highest BCUT2D eigenvalue weighted by Gasteiger charge is 2.25. The summed E-state index contributed by atoms with van der Waals surface area (Å²) in [4.78, 5) is 33.6. The standard InChI is InChI=1S/C36H42F2N4O3S.ClH/c1-4-11-42(12-5-2)36(45)29-19-27(18-28(20-29)35-40-10-13-46-35)34(44)41-32(17-26-15-30(37)21-31(38)16-26)33(43)23-39-22-25-9-7-8-24(6-3)14-25;/h7-10,13-16,18-21,32-33,39,43H,4-6,11-12,17,22-23H2,1-3H3,(H,41,44);1H/t32-,33+;/m0./s1. The molecule has 1 aromatic heterocycles. The average Bonchev–Trinajstić information content (AvgIpc) is 3.59. The lowest BCUT2D eigenvalue weighted by molar-refractivity contribution is 0.0755. The first kappa shape index (κ1) is 37.8. The predicted octanol–water partition coefficient (Wildman–Crippen LogP) is 6.83. The number of rotatable bonds is 16. The van der Waals surface area contributed by atoms with Crippen LogP contribution in [0, 0.1) is 11.6 Å². The minimum atomic E-state index is -1.10. The number of hydrogen-bond donors (Lipinski definition) is 3. The molecule has 11 heteroatoms. The number of thiazole rings is 1. The average molecular weight is 685 g/mol. The summed E-state index contributed by atoms with van der Waals surface area (Å²) in [7, 11) is 0. The Bertz CT molecular complexity index is 1580. The van der Waals surface area contributed by atoms with Crippen molar-refractivity contribution in [1.82, 2.24) is 20.5 Å². The maximum absolute atomic E-state index is 14.1. The van der Waals surface area contributed by atoms with E-state index in [4.69, 9.17) is 0 Å². The molecule has 0 unspecified atom stereocenters. The Hall–Kier alpha value is -3.70. The molecule has 0 saturated carbocycles. The molecule has 47 heavy (non-hydrogen) atoms. The zero-order valence-corrected chi connectivity index (χ0v) is 28.6. The Kier molecular flexibility index (Phi) is 14.9. The van der Waals surface area contributed by atoms with Crippen molar-refractivity contribution in [2.24, 2.45) is 0 Å². The van der Waals surface area contributed by atoms with Crippen LogP contribution in [0.25, 0.3) is 10.6 Å². The van der Waals surface area contributed by atoms with Crippen LogP contribution in [0.4, 0.5) is 8.78 Å². The van der Waals surface area contributed by atoms with Gasteiger partial charge in [-0.25, -0.2) is 13.8 Å². The third-order valence-electron chi connectivity index (χ3n) is 7.64. The number of hydrogen-bond acceptors (Lipinski definition) is 6. The first-order valence-corrected chi connectivity index (χ1v) is 16.6. The van der Waals surface area contributed by atoms with Crippen molar-refractivity contribution in [2.45, 2.75) is 65.1 Å². The Morgan fingerprint density at radius 2 is 1.60 bits per heavy atom. The number of aliphatic hydroxyl groups excluding tert-OH is 1. The first-order chi connectivity index (χ1) is 22.2. The number of nitrogens with zero attached hydrogens (tertiary/aromatic N) is 2. The molecule has 0 aliphatic carbocycles. The lowest BCUT2D eigenvalue weighted by Gasteiger charge is -2.25. The van der Waals surface area contributed by atoms with E-state index in [0.717, 1.165) is 30.9 Å². The van der Waals surface area contributed by atoms with E-state index in [1.807, 2.05) is 31.4 Å². The molecule has 0 fully saturated rings. The van der Waals surface area contributed by atoms with E-state index in [-0.39, 0.29) is 36.8 Å². The van der Waals surface area contributed by atoms with Crippen molar-refractivity contribution in [3.05, 3.63) is 112 Å². The summed E-state index contributed by atoms with van der Waals surface area (Å²) in [6.45, 7) is 7.88. The molecule has 0 aliphatic rings. The van der Waals surface area contributed by atoms with Gasteiger partial charge in [0.1, 0.15) is 16.6 Å². The summed E-state index contributed by atoms with van der Waals surface area (Å²) < 4.78 is 28.2. The van der Waals surface area contributed by atoms with Crippen LogP contribution in [0.2, 0.25) is 0 Å². The molecule has 2 atom stereocenters. The summed E-state index contributed by atoms with van der Waals surface area (Å²) in [6.07, 6.45) is 3.03. The molecule has 3 aromatic carbocycles. The molecule has 3 N–H and O–H groups in total. The van der Waals surface area contributed by atoms with Crippen molar-refractivity contribution in [3.8, 4) is 10.6 Å². The van der Waals surface area contributed by atoms with Crippen LogP contribution in [0.1, 0.15) is 71.0 Å². The van der Waals surface area contributed by atoms with Crippen molar-refractivity contribution in [3.63, 3.8) is 0 Å². The van der Waals surface area contributed by atoms with Crippen LogP contribution >= 0.6 is 23.7 Å². The smallest absolute Gasteiger partial charge is 0.253 e. The van der Waals surface area contributed by atoms with E-state index >= 15 is 0 Å². The molecule has 0 radical (unpaired) electrons. The highest BCUT2D eigenvalue weighted by molar-refractivity contribution is 7.13. The van der Waals surface area contributed by atoms with E-state index in [0.29, 0.717) is 41.3 Å². The van der Waals surface area contributed by atoms with Gasteiger partial charge in [0, 0.05) is 60.5 Å². The van der Waals surface area contributed by atoms with Gasteiger partial charge in [0.2, 0.25) is 0 Å². The third kappa shape index (κ3) is 10.9. The van der Waals surface area contributed by atoms with Gasteiger partial charge in [0.25, 0.3) is 11.8 Å². The van der Waals surface area contributed by atoms with E-state index in [1.165, 1.54) is 29.0 Å². The zero-order chi connectivity index (χ0) is 33.1. The highest BCUT2D eigenvalue weighted by atomic mass is 35.5. The normalized spacial score (nSPS) is 12.2. The van der Waals surface area contributed by atoms with Crippen molar-refractivity contribution in [1.29, 1.82) is 0 Å². The zero-order valence-electron chi connectivity index (χ0n) is 27.0.